The van der Waals surface area contributed by atoms with Crippen molar-refractivity contribution >= 4 is 44.9 Å². The monoisotopic (exact) mass is 402 g/mol. The van der Waals surface area contributed by atoms with E-state index >= 15 is 0 Å². The fraction of sp³-hybridized carbons (Fsp3) is 0.190. The summed E-state index contributed by atoms with van der Waals surface area (Å²) in [6.07, 6.45) is 3.80. The first kappa shape index (κ1) is 17.7. The van der Waals surface area contributed by atoms with Crippen LogP contribution < -0.4 is 4.90 Å². The normalized spacial score (nSPS) is 14.1. The lowest BCUT2D eigenvalue weighted by molar-refractivity contribution is -0.117. The van der Waals surface area contributed by atoms with Gasteiger partial charge in [0.15, 0.2) is 0 Å². The number of carbonyl (C=O) groups is 1. The number of hydrogen-bond acceptors (Lipinski definition) is 6. The third-order valence-electron chi connectivity index (χ3n) is 5.14. The predicted molar refractivity (Wildman–Crippen MR) is 115 cm³/mol. The maximum Gasteiger partial charge on any atom is 0.233 e. The minimum absolute atomic E-state index is 0.0131. The second-order valence-electron chi connectivity index (χ2n) is 7.02. The Labute approximate surface area is 171 Å². The average molecular weight is 402 g/mol. The van der Waals surface area contributed by atoms with Crippen molar-refractivity contribution in [2.75, 3.05) is 11.9 Å². The van der Waals surface area contributed by atoms with Gasteiger partial charge in [-0.1, -0.05) is 12.1 Å². The van der Waals surface area contributed by atoms with Crippen LogP contribution in [0.2, 0.25) is 0 Å². The minimum Gasteiger partial charge on any atom is -0.304 e. The Balaban J connectivity index is 1.57. The highest BCUT2D eigenvalue weighted by Crippen LogP contribution is 2.38. The summed E-state index contributed by atoms with van der Waals surface area (Å²) in [5.74, 6) is 0.910. The first-order valence-electron chi connectivity index (χ1n) is 9.23. The number of rotatable bonds is 2. The van der Waals surface area contributed by atoms with Gasteiger partial charge in [0.05, 0.1) is 29.5 Å². The van der Waals surface area contributed by atoms with Gasteiger partial charge in [-0.2, -0.15) is 4.37 Å². The summed E-state index contributed by atoms with van der Waals surface area (Å²) in [6.45, 7) is 3.90. The molecule has 0 atom stereocenters. The fourth-order valence-electron chi connectivity index (χ4n) is 3.60. The van der Waals surface area contributed by atoms with E-state index in [9.17, 15) is 4.79 Å². The summed E-state index contributed by atoms with van der Waals surface area (Å²) < 4.78 is 6.46. The second kappa shape index (κ2) is 6.59. The molecule has 0 saturated heterocycles. The number of anilines is 1. The molecule has 0 unspecified atom stereocenters. The zero-order chi connectivity index (χ0) is 20.1. The molecule has 0 radical (unpaired) electrons. The summed E-state index contributed by atoms with van der Waals surface area (Å²) in [5.41, 5.74) is 6.19. The van der Waals surface area contributed by atoms with Gasteiger partial charge in [0.1, 0.15) is 22.0 Å². The van der Waals surface area contributed by atoms with Crippen LogP contribution in [-0.2, 0) is 4.79 Å². The zero-order valence-electron chi connectivity index (χ0n) is 16.2. The Bertz CT molecular complexity index is 1280. The number of amides is 1. The summed E-state index contributed by atoms with van der Waals surface area (Å²) in [6, 6.07) is 10.0. The molecule has 1 aliphatic rings. The molecule has 5 rings (SSSR count). The fourth-order valence-corrected chi connectivity index (χ4v) is 4.41. The molecule has 1 aliphatic heterocycles. The van der Waals surface area contributed by atoms with Gasteiger partial charge in [-0.25, -0.2) is 9.98 Å². The molecule has 144 valence electrons. The lowest BCUT2D eigenvalue weighted by Gasteiger charge is -2.12. The number of aromatic nitrogens is 4. The van der Waals surface area contributed by atoms with E-state index in [1.807, 2.05) is 44.2 Å². The molecule has 0 bridgehead atoms. The number of hydrogen-bond donors (Lipinski definition) is 0. The lowest BCUT2D eigenvalue weighted by atomic mass is 10.1. The van der Waals surface area contributed by atoms with E-state index < -0.39 is 0 Å². The van der Waals surface area contributed by atoms with Gasteiger partial charge in [-0.3, -0.25) is 14.3 Å². The highest BCUT2D eigenvalue weighted by atomic mass is 32.1. The van der Waals surface area contributed by atoms with Crippen molar-refractivity contribution in [2.24, 2.45) is 4.99 Å². The molecule has 3 aromatic heterocycles. The quantitative estimate of drug-likeness (QED) is 0.508. The van der Waals surface area contributed by atoms with Crippen LogP contribution in [0.3, 0.4) is 0 Å². The van der Waals surface area contributed by atoms with Crippen LogP contribution in [0.25, 0.3) is 16.7 Å². The number of aliphatic imine (C=N–C) groups is 1. The van der Waals surface area contributed by atoms with Gasteiger partial charge < -0.3 is 4.90 Å². The number of benzene rings is 1. The molecule has 8 heteroatoms. The van der Waals surface area contributed by atoms with E-state index in [-0.39, 0.29) is 12.3 Å². The highest BCUT2D eigenvalue weighted by Gasteiger charge is 2.25. The van der Waals surface area contributed by atoms with Crippen LogP contribution in [0, 0.1) is 13.8 Å². The topological polar surface area (TPSA) is 76.3 Å². The minimum atomic E-state index is 0.0131. The number of aryl methyl sites for hydroxylation is 2. The van der Waals surface area contributed by atoms with Gasteiger partial charge in [0.2, 0.25) is 5.91 Å². The summed E-state index contributed by atoms with van der Waals surface area (Å²) >= 11 is 1.31. The van der Waals surface area contributed by atoms with E-state index in [1.54, 1.807) is 24.3 Å². The molecule has 0 saturated carbocycles. The second-order valence-corrected chi connectivity index (χ2v) is 7.77. The Kier molecular flexibility index (Phi) is 4.02. The van der Waals surface area contributed by atoms with Crippen molar-refractivity contribution in [3.63, 3.8) is 0 Å². The van der Waals surface area contributed by atoms with Crippen LogP contribution in [0.4, 0.5) is 10.7 Å². The van der Waals surface area contributed by atoms with Crippen molar-refractivity contribution < 1.29 is 4.79 Å². The number of pyridine rings is 1. The first-order chi connectivity index (χ1) is 14.0. The van der Waals surface area contributed by atoms with Gasteiger partial charge in [-0.15, -0.1) is 0 Å². The molecule has 0 fully saturated rings. The lowest BCUT2D eigenvalue weighted by Crippen LogP contribution is -2.26. The zero-order valence-corrected chi connectivity index (χ0v) is 17.1. The summed E-state index contributed by atoms with van der Waals surface area (Å²) in [4.78, 5) is 27.8. The van der Waals surface area contributed by atoms with Gasteiger partial charge in [-0.05, 0) is 49.1 Å². The molecule has 0 N–H and O–H groups in total. The van der Waals surface area contributed by atoms with Gasteiger partial charge >= 0.3 is 0 Å². The average Bonchev–Trinajstić information content (AvgIpc) is 3.22. The third-order valence-corrected chi connectivity index (χ3v) is 6.15. The number of nitrogens with zero attached hydrogens (tertiary/aromatic N) is 6. The Morgan fingerprint density at radius 2 is 1.90 bits per heavy atom. The molecular weight excluding hydrogens is 384 g/mol. The maximum absolute atomic E-state index is 12.6. The highest BCUT2D eigenvalue weighted by molar-refractivity contribution is 7.11. The van der Waals surface area contributed by atoms with Crippen LogP contribution in [-0.4, -0.2) is 37.6 Å². The smallest absolute Gasteiger partial charge is 0.233 e. The van der Waals surface area contributed by atoms with Crippen molar-refractivity contribution in [3.8, 4) is 5.69 Å². The molecule has 1 amide bonds. The van der Waals surface area contributed by atoms with Crippen LogP contribution in [0.15, 0.2) is 47.7 Å². The van der Waals surface area contributed by atoms with E-state index in [0.29, 0.717) is 0 Å². The summed E-state index contributed by atoms with van der Waals surface area (Å²) in [5, 5.41) is 0.799. The molecule has 0 aliphatic carbocycles. The molecule has 4 aromatic rings. The van der Waals surface area contributed by atoms with Crippen LogP contribution in [0.5, 0.6) is 0 Å². The van der Waals surface area contributed by atoms with E-state index in [1.165, 1.54) is 11.5 Å². The van der Waals surface area contributed by atoms with Crippen LogP contribution in [0.1, 0.15) is 23.5 Å². The van der Waals surface area contributed by atoms with E-state index in [0.717, 1.165) is 50.2 Å². The SMILES string of the molecule is Cc1nsc2c1N=C(c1ccc(-n3c(C)nc4cnccc43)cc1)CC(=O)N2C. The van der Waals surface area contributed by atoms with Crippen LogP contribution >= 0.6 is 11.5 Å². The Hall–Kier alpha value is -3.39. The van der Waals surface area contributed by atoms with Gasteiger partial charge in [0, 0.05) is 18.9 Å². The molecule has 29 heavy (non-hydrogen) atoms. The van der Waals surface area contributed by atoms with Crippen molar-refractivity contribution in [1.29, 1.82) is 0 Å². The number of carbonyl (C=O) groups excluding carboxylic acids is 1. The van der Waals surface area contributed by atoms with E-state index in [2.05, 4.69) is 18.9 Å². The Morgan fingerprint density at radius 1 is 1.10 bits per heavy atom. The van der Waals surface area contributed by atoms with Crippen molar-refractivity contribution in [1.82, 2.24) is 18.9 Å². The molecular formula is C21H18N6OS. The first-order valence-corrected chi connectivity index (χ1v) is 10.0. The molecule has 4 heterocycles. The van der Waals surface area contributed by atoms with Gasteiger partial charge in [0.25, 0.3) is 0 Å². The van der Waals surface area contributed by atoms with E-state index in [4.69, 9.17) is 4.99 Å². The largest absolute Gasteiger partial charge is 0.304 e. The number of imidazole rings is 1. The maximum atomic E-state index is 12.6. The third kappa shape index (κ3) is 2.84. The molecule has 1 aromatic carbocycles. The molecule has 7 nitrogen and oxygen atoms in total. The molecule has 0 spiro atoms. The summed E-state index contributed by atoms with van der Waals surface area (Å²) in [7, 11) is 1.78. The number of fused-ring (bicyclic) bond motifs is 2. The predicted octanol–water partition coefficient (Wildman–Crippen LogP) is 3.98. The standard InChI is InChI=1S/C21H18N6OS/c1-12-20-21(29-25-12)26(3)19(28)10-16(24-20)14-4-6-15(7-5-14)27-13(2)23-17-11-22-9-8-18(17)27/h4-9,11H,10H2,1-3H3. The Morgan fingerprint density at radius 3 is 2.69 bits per heavy atom. The van der Waals surface area contributed by atoms with Crippen molar-refractivity contribution in [2.45, 2.75) is 20.3 Å². The van der Waals surface area contributed by atoms with Crippen molar-refractivity contribution in [3.05, 3.63) is 59.8 Å².